The van der Waals surface area contributed by atoms with Gasteiger partial charge in [0.05, 0.1) is 0 Å². The third kappa shape index (κ3) is 7.05. The molecule has 1 unspecified atom stereocenters. The van der Waals surface area contributed by atoms with E-state index in [1.807, 2.05) is 41.1 Å². The summed E-state index contributed by atoms with van der Waals surface area (Å²) in [7, 11) is 0. The standard InChI is InChI=1S/C17H14Cl3N3.HNO3/c18-14-3-1-12(2-4-14)7-13(9-23-11-21-10-22-23)16-6-5-15(19)8-17(16)20;2-1(3)4/h1-6,8,10-11,13H,7,9H2;(H,2,3,4). The van der Waals surface area contributed by atoms with Gasteiger partial charge in [-0.1, -0.05) is 53.0 Å². The van der Waals surface area contributed by atoms with Gasteiger partial charge in [-0.15, -0.1) is 10.1 Å². The number of nitrogens with zero attached hydrogens (tertiary/aromatic N) is 4. The Hall–Kier alpha value is -2.35. The van der Waals surface area contributed by atoms with Gasteiger partial charge in [0.25, 0.3) is 5.09 Å². The van der Waals surface area contributed by atoms with Crippen LogP contribution in [-0.4, -0.2) is 25.1 Å². The fourth-order valence-corrected chi connectivity index (χ4v) is 3.25. The van der Waals surface area contributed by atoms with Crippen LogP contribution in [0.15, 0.2) is 55.1 Å². The highest BCUT2D eigenvalue weighted by Gasteiger charge is 2.17. The lowest BCUT2D eigenvalue weighted by Crippen LogP contribution is -2.13. The Morgan fingerprint density at radius 3 is 2.30 bits per heavy atom. The second-order valence-electron chi connectivity index (χ2n) is 5.55. The lowest BCUT2D eigenvalue weighted by molar-refractivity contribution is -0.742. The summed E-state index contributed by atoms with van der Waals surface area (Å²) in [5.41, 5.74) is 2.23. The van der Waals surface area contributed by atoms with Crippen LogP contribution in [0.5, 0.6) is 0 Å². The van der Waals surface area contributed by atoms with Crippen molar-refractivity contribution < 1.29 is 10.3 Å². The minimum absolute atomic E-state index is 0.155. The fraction of sp³-hybridized carbons (Fsp3) is 0.176. The number of benzene rings is 2. The van der Waals surface area contributed by atoms with Crippen LogP contribution in [-0.2, 0) is 13.0 Å². The molecule has 7 nitrogen and oxygen atoms in total. The van der Waals surface area contributed by atoms with Crippen LogP contribution in [0.25, 0.3) is 0 Å². The Labute approximate surface area is 170 Å². The molecule has 2 aromatic carbocycles. The number of hydrogen-bond acceptors (Lipinski definition) is 4. The molecule has 0 aliphatic carbocycles. The van der Waals surface area contributed by atoms with Crippen LogP contribution < -0.4 is 0 Å². The molecule has 0 spiro atoms. The Kier molecular flexibility index (Phi) is 7.84. The zero-order valence-corrected chi connectivity index (χ0v) is 16.1. The van der Waals surface area contributed by atoms with Gasteiger partial charge in [0.15, 0.2) is 0 Å². The van der Waals surface area contributed by atoms with E-state index < -0.39 is 5.09 Å². The molecular formula is C17H15Cl3N4O3. The van der Waals surface area contributed by atoms with Crippen molar-refractivity contribution in [1.82, 2.24) is 14.8 Å². The van der Waals surface area contributed by atoms with Crippen molar-refractivity contribution in [2.45, 2.75) is 18.9 Å². The van der Waals surface area contributed by atoms with E-state index >= 15 is 0 Å². The summed E-state index contributed by atoms with van der Waals surface area (Å²) in [6, 6.07) is 13.5. The van der Waals surface area contributed by atoms with E-state index in [9.17, 15) is 0 Å². The minimum atomic E-state index is -1.50. The number of halogens is 3. The summed E-state index contributed by atoms with van der Waals surface area (Å²) in [5, 5.41) is 19.9. The molecule has 0 fully saturated rings. The van der Waals surface area contributed by atoms with Crippen molar-refractivity contribution in [3.63, 3.8) is 0 Å². The molecule has 1 N–H and O–H groups in total. The summed E-state index contributed by atoms with van der Waals surface area (Å²) in [6.07, 6.45) is 4.06. The maximum atomic E-state index is 8.36. The van der Waals surface area contributed by atoms with Crippen molar-refractivity contribution in [3.8, 4) is 0 Å². The summed E-state index contributed by atoms with van der Waals surface area (Å²) >= 11 is 18.4. The molecule has 3 aromatic rings. The summed E-state index contributed by atoms with van der Waals surface area (Å²) < 4.78 is 1.81. The Bertz CT molecular complexity index is 870. The van der Waals surface area contributed by atoms with Gasteiger partial charge in [0.2, 0.25) is 0 Å². The van der Waals surface area contributed by atoms with Crippen molar-refractivity contribution in [3.05, 3.63) is 91.4 Å². The van der Waals surface area contributed by atoms with Crippen molar-refractivity contribution >= 4 is 34.8 Å². The summed E-state index contributed by atoms with van der Waals surface area (Å²) in [4.78, 5) is 12.4. The topological polar surface area (TPSA) is 94.1 Å². The van der Waals surface area contributed by atoms with E-state index in [1.54, 1.807) is 12.4 Å². The molecule has 0 amide bonds. The van der Waals surface area contributed by atoms with Gasteiger partial charge in [-0.3, -0.25) is 4.68 Å². The van der Waals surface area contributed by atoms with Crippen LogP contribution in [0, 0.1) is 10.1 Å². The third-order valence-electron chi connectivity index (χ3n) is 3.67. The van der Waals surface area contributed by atoms with Crippen LogP contribution in [0.4, 0.5) is 0 Å². The Morgan fingerprint density at radius 2 is 1.74 bits per heavy atom. The van der Waals surface area contributed by atoms with Gasteiger partial charge in [0.1, 0.15) is 12.7 Å². The van der Waals surface area contributed by atoms with E-state index in [4.69, 9.17) is 50.1 Å². The first kappa shape index (κ1) is 21.0. The molecule has 0 bridgehead atoms. The smallest absolute Gasteiger partial charge is 0.291 e. The van der Waals surface area contributed by atoms with Gasteiger partial charge in [0, 0.05) is 27.5 Å². The maximum absolute atomic E-state index is 8.36. The molecule has 0 aliphatic heterocycles. The first-order chi connectivity index (χ1) is 12.8. The van der Waals surface area contributed by atoms with Gasteiger partial charge < -0.3 is 5.21 Å². The molecule has 142 valence electrons. The SMILES string of the molecule is Clc1ccc(CC(Cn2cncn2)c2ccc(Cl)cc2Cl)cc1.O=[N+]([O-])O. The van der Waals surface area contributed by atoms with E-state index in [-0.39, 0.29) is 5.92 Å². The summed E-state index contributed by atoms with van der Waals surface area (Å²) in [6.45, 7) is 0.685. The maximum Gasteiger partial charge on any atom is 0.291 e. The fourth-order valence-electron chi connectivity index (χ4n) is 2.56. The van der Waals surface area contributed by atoms with Crippen LogP contribution in [0.2, 0.25) is 15.1 Å². The van der Waals surface area contributed by atoms with Crippen LogP contribution >= 0.6 is 34.8 Å². The first-order valence-corrected chi connectivity index (χ1v) is 8.83. The van der Waals surface area contributed by atoms with Crippen molar-refractivity contribution in [2.24, 2.45) is 0 Å². The minimum Gasteiger partial charge on any atom is -0.328 e. The first-order valence-electron chi connectivity index (χ1n) is 7.70. The number of hydrogen-bond donors (Lipinski definition) is 1. The highest BCUT2D eigenvalue weighted by atomic mass is 35.5. The number of rotatable bonds is 5. The lowest BCUT2D eigenvalue weighted by atomic mass is 9.92. The molecule has 0 saturated carbocycles. The molecule has 1 aromatic heterocycles. The molecule has 0 saturated heterocycles. The average molecular weight is 430 g/mol. The number of aromatic nitrogens is 3. The average Bonchev–Trinajstić information content (AvgIpc) is 3.09. The highest BCUT2D eigenvalue weighted by Crippen LogP contribution is 2.31. The van der Waals surface area contributed by atoms with Crippen molar-refractivity contribution in [1.29, 1.82) is 0 Å². The monoisotopic (exact) mass is 428 g/mol. The Morgan fingerprint density at radius 1 is 1.11 bits per heavy atom. The largest absolute Gasteiger partial charge is 0.328 e. The van der Waals surface area contributed by atoms with Gasteiger partial charge in [-0.05, 0) is 41.8 Å². The zero-order valence-electron chi connectivity index (χ0n) is 13.9. The zero-order chi connectivity index (χ0) is 19.8. The second kappa shape index (κ2) is 10.1. The molecule has 0 aliphatic rings. The Balaban J connectivity index is 0.000000596. The molecule has 27 heavy (non-hydrogen) atoms. The van der Waals surface area contributed by atoms with Crippen LogP contribution in [0.1, 0.15) is 17.0 Å². The predicted octanol–water partition coefficient (Wildman–Crippen LogP) is 4.92. The van der Waals surface area contributed by atoms with E-state index in [0.29, 0.717) is 16.6 Å². The molecule has 1 heterocycles. The third-order valence-corrected chi connectivity index (χ3v) is 4.49. The van der Waals surface area contributed by atoms with Gasteiger partial charge >= 0.3 is 0 Å². The van der Waals surface area contributed by atoms with Gasteiger partial charge in [-0.25, -0.2) is 4.98 Å². The molecule has 10 heteroatoms. The lowest BCUT2D eigenvalue weighted by Gasteiger charge is -2.19. The molecule has 3 rings (SSSR count). The summed E-state index contributed by atoms with van der Waals surface area (Å²) in [5.74, 6) is 0.155. The normalized spacial score (nSPS) is 11.4. The van der Waals surface area contributed by atoms with E-state index in [1.165, 1.54) is 11.9 Å². The second-order valence-corrected chi connectivity index (χ2v) is 6.83. The van der Waals surface area contributed by atoms with Crippen molar-refractivity contribution in [2.75, 3.05) is 0 Å². The molecule has 1 atom stereocenters. The van der Waals surface area contributed by atoms with E-state index in [0.717, 1.165) is 17.0 Å². The van der Waals surface area contributed by atoms with Crippen LogP contribution in [0.3, 0.4) is 0 Å². The highest BCUT2D eigenvalue weighted by molar-refractivity contribution is 6.35. The quantitative estimate of drug-likeness (QED) is 0.459. The molecule has 0 radical (unpaired) electrons. The molecular weight excluding hydrogens is 415 g/mol. The van der Waals surface area contributed by atoms with E-state index in [2.05, 4.69) is 10.1 Å². The predicted molar refractivity (Wildman–Crippen MR) is 103 cm³/mol. The van der Waals surface area contributed by atoms with Gasteiger partial charge in [-0.2, -0.15) is 5.10 Å².